The highest BCUT2D eigenvalue weighted by atomic mass is 31.0. The number of anilines is 1. The highest BCUT2D eigenvalue weighted by molar-refractivity contribution is 6.92. The molecule has 0 atom stereocenters. The van der Waals surface area contributed by atoms with Gasteiger partial charge in [0.1, 0.15) is 52.4 Å². The Kier molecular flexibility index (Phi) is 16.5. The Balaban J connectivity index is 0.000000177. The Hall–Kier alpha value is -8.33. The number of nitrogens with two attached hydrogens (primary N) is 1. The molecule has 4 N–H and O–H groups in total. The molecule has 2 fully saturated rings. The van der Waals surface area contributed by atoms with Crippen molar-refractivity contribution in [2.75, 3.05) is 12.3 Å². The van der Waals surface area contributed by atoms with E-state index < -0.39 is 56.2 Å². The molecule has 2 saturated carbocycles. The summed E-state index contributed by atoms with van der Waals surface area (Å²) in [5.74, 6) is -3.07. The number of H-pyrrole nitrogens is 1. The van der Waals surface area contributed by atoms with Crippen molar-refractivity contribution in [3.63, 3.8) is 0 Å². The SMILES string of the molecule is CCN(C(C)C)C(C)C.Fc1ccccc1Cn1nc(-c2nnc3nc(C4(C(F)(F)F)CC4)oc3n2)cc1-c1ccon1.Nc1nnc(-c2cc(-c3ccon3)n(Cc3ccccc3F)n2)[nH]c1=O.O=C(O)C1(C(F)(F)F)CC1.[3H]P([3H])[3H]. The first-order valence-electron chi connectivity index (χ1n) is 25.6. The minimum atomic E-state index is -4.57. The molecule has 7 aromatic heterocycles. The zero-order valence-electron chi connectivity index (χ0n) is 46.0. The summed E-state index contributed by atoms with van der Waals surface area (Å²) in [6.07, 6.45) is -7.01. The van der Waals surface area contributed by atoms with E-state index in [-0.39, 0.29) is 79.1 Å². The molecule has 0 amide bonds. The van der Waals surface area contributed by atoms with Crippen molar-refractivity contribution >= 4 is 32.9 Å². The molecule has 424 valence electrons. The zero-order chi connectivity index (χ0) is 60.6. The van der Waals surface area contributed by atoms with Crippen molar-refractivity contribution in [3.8, 4) is 45.8 Å². The minimum Gasteiger partial charge on any atom is -0.481 e. The number of carboxylic acid groups (broad SMARTS) is 1. The Labute approximate surface area is 455 Å². The number of hydrogen-bond donors (Lipinski definition) is 3. The van der Waals surface area contributed by atoms with Gasteiger partial charge in [0.15, 0.2) is 11.2 Å². The quantitative estimate of drug-likeness (QED) is 0.0716. The number of aromatic amines is 1. The van der Waals surface area contributed by atoms with E-state index in [9.17, 15) is 44.7 Å². The van der Waals surface area contributed by atoms with Gasteiger partial charge in [-0.2, -0.15) is 56.2 Å². The van der Waals surface area contributed by atoms with Gasteiger partial charge < -0.3 is 29.3 Å². The Bertz CT molecular complexity index is 3650. The number of benzene rings is 2. The molecule has 0 bridgehead atoms. The molecule has 2 aromatic carbocycles. The van der Waals surface area contributed by atoms with E-state index in [1.807, 2.05) is 0 Å². The number of alkyl halides is 6. The predicted octanol–water partition coefficient (Wildman–Crippen LogP) is 9.36. The lowest BCUT2D eigenvalue weighted by Gasteiger charge is -2.28. The third-order valence-corrected chi connectivity index (χ3v) is 12.8. The summed E-state index contributed by atoms with van der Waals surface area (Å²) < 4.78 is 140. The van der Waals surface area contributed by atoms with Crippen molar-refractivity contribution < 1.29 is 58.5 Å². The molecule has 11 rings (SSSR count). The molecule has 2 aliphatic rings. The summed E-state index contributed by atoms with van der Waals surface area (Å²) in [4.78, 5) is 34.7. The number of nitrogens with zero attached hydrogens (tertiary/aromatic N) is 13. The van der Waals surface area contributed by atoms with E-state index >= 15 is 0 Å². The van der Waals surface area contributed by atoms with E-state index in [0.29, 0.717) is 51.7 Å². The van der Waals surface area contributed by atoms with Crippen LogP contribution in [0.2, 0.25) is 0 Å². The average Bonchev–Trinajstić information content (AvgIpc) is 3.25. The normalized spacial score (nSPS) is 14.6. The second-order valence-electron chi connectivity index (χ2n) is 18.8. The molecule has 0 spiro atoms. The maximum Gasteiger partial charge on any atom is 0.404 e. The summed E-state index contributed by atoms with van der Waals surface area (Å²) in [6, 6.07) is 20.5. The third kappa shape index (κ3) is 12.9. The molecule has 0 radical (unpaired) electrons. The molecule has 7 heterocycles. The van der Waals surface area contributed by atoms with Gasteiger partial charge in [-0.3, -0.25) is 23.9 Å². The summed E-state index contributed by atoms with van der Waals surface area (Å²) in [7, 11) is -1.87. The number of aromatic nitrogens is 13. The van der Waals surface area contributed by atoms with Crippen LogP contribution in [0.5, 0.6) is 0 Å². The highest BCUT2D eigenvalue weighted by Gasteiger charge is 2.69. The summed E-state index contributed by atoms with van der Waals surface area (Å²) in [6.45, 7) is 12.6. The summed E-state index contributed by atoms with van der Waals surface area (Å²) in [5.41, 5.74) is 3.42. The first-order chi connectivity index (χ1) is 39.2. The maximum absolute atomic E-state index is 14.2. The van der Waals surface area contributed by atoms with E-state index in [2.05, 4.69) is 95.4 Å². The Morgan fingerprint density at radius 3 is 1.70 bits per heavy atom. The first-order valence-corrected chi connectivity index (χ1v) is 24.3. The van der Waals surface area contributed by atoms with Crippen LogP contribution in [-0.2, 0) is 23.3 Å². The fourth-order valence-electron chi connectivity index (χ4n) is 8.22. The first kappa shape index (κ1) is 55.0. The topological polar surface area (TPSA) is 278 Å². The van der Waals surface area contributed by atoms with E-state index in [1.165, 1.54) is 29.3 Å². The molecule has 9 aromatic rings. The zero-order valence-corrected chi connectivity index (χ0v) is 43.9. The molecule has 80 heavy (non-hydrogen) atoms. The van der Waals surface area contributed by atoms with Gasteiger partial charge >= 0.3 is 18.3 Å². The number of aliphatic carboxylic acids is 1. The number of carboxylic acids is 1. The second-order valence-corrected chi connectivity index (χ2v) is 18.8. The fraction of sp³-hybridized carbons (Fsp3) is 0.360. The van der Waals surface area contributed by atoms with Crippen molar-refractivity contribution in [2.45, 2.75) is 103 Å². The van der Waals surface area contributed by atoms with Gasteiger partial charge in [-0.25, -0.2) is 8.78 Å². The third-order valence-electron chi connectivity index (χ3n) is 12.8. The number of fused-ring (bicyclic) bond motifs is 1. The lowest BCUT2D eigenvalue weighted by Crippen LogP contribution is -2.36. The van der Waals surface area contributed by atoms with Gasteiger partial charge in [-0.05, 0) is 84.2 Å². The van der Waals surface area contributed by atoms with Crippen molar-refractivity contribution in [1.82, 2.24) is 70.1 Å². The Morgan fingerprint density at radius 1 is 0.775 bits per heavy atom. The smallest absolute Gasteiger partial charge is 0.404 e. The Morgan fingerprint density at radius 2 is 1.30 bits per heavy atom. The number of carbonyl (C=O) groups is 1. The number of halogens is 8. The largest absolute Gasteiger partial charge is 0.481 e. The van der Waals surface area contributed by atoms with E-state index in [1.54, 1.807) is 65.3 Å². The van der Waals surface area contributed by atoms with Crippen LogP contribution in [0, 0.1) is 17.0 Å². The molecule has 0 unspecified atom stereocenters. The van der Waals surface area contributed by atoms with Crippen LogP contribution in [0.4, 0.5) is 40.9 Å². The summed E-state index contributed by atoms with van der Waals surface area (Å²) in [5, 5.41) is 40.0. The maximum atomic E-state index is 14.2. The number of hydrogen-bond acceptors (Lipinski definition) is 17. The van der Waals surface area contributed by atoms with Crippen LogP contribution in [0.15, 0.2) is 104 Å². The fourth-order valence-corrected chi connectivity index (χ4v) is 8.22. The van der Waals surface area contributed by atoms with Crippen LogP contribution >= 0.6 is 9.73 Å². The van der Waals surface area contributed by atoms with Gasteiger partial charge in [-0.15, -0.1) is 20.4 Å². The number of nitrogens with one attached hydrogen (secondary N) is 1. The average molecular weight is 1150 g/mol. The van der Waals surface area contributed by atoms with Crippen molar-refractivity contribution in [3.05, 3.63) is 124 Å². The highest BCUT2D eigenvalue weighted by Crippen LogP contribution is 2.59. The van der Waals surface area contributed by atoms with Gasteiger partial charge in [0.25, 0.3) is 11.3 Å². The molecule has 0 aliphatic heterocycles. The van der Waals surface area contributed by atoms with Crippen LogP contribution in [-0.4, -0.2) is 116 Å². The molecule has 2 aliphatic carbocycles. The van der Waals surface area contributed by atoms with Crippen LogP contribution in [0.3, 0.4) is 0 Å². The van der Waals surface area contributed by atoms with Gasteiger partial charge in [0.2, 0.25) is 23.2 Å². The van der Waals surface area contributed by atoms with Crippen molar-refractivity contribution in [2.24, 2.45) is 5.41 Å². The predicted molar refractivity (Wildman–Crippen MR) is 275 cm³/mol. The lowest BCUT2D eigenvalue weighted by molar-refractivity contribution is -0.202. The van der Waals surface area contributed by atoms with Crippen molar-refractivity contribution in [1.29, 1.82) is 3.84 Å². The van der Waals surface area contributed by atoms with Gasteiger partial charge in [-0.1, -0.05) is 53.6 Å². The molecular weight excluding hydrogens is 1090 g/mol. The van der Waals surface area contributed by atoms with Crippen LogP contribution < -0.4 is 11.3 Å². The van der Waals surface area contributed by atoms with Gasteiger partial charge in [0.05, 0.1) is 28.3 Å². The monoisotopic (exact) mass is 1150 g/mol. The van der Waals surface area contributed by atoms with E-state index in [0.717, 1.165) is 6.54 Å². The summed E-state index contributed by atoms with van der Waals surface area (Å²) >= 11 is 0. The molecule has 0 saturated heterocycles. The number of nitrogen functional groups attached to an aromatic ring is 1. The number of oxazole rings is 1. The molecule has 21 nitrogen and oxygen atoms in total. The molecule has 30 heteroatoms. The molecular formula is C50H52F8N15O6P. The minimum absolute atomic E-state index is 0.00378. The number of rotatable bonds is 13. The lowest BCUT2D eigenvalue weighted by atomic mass is 10.1. The second kappa shape index (κ2) is 24.0. The van der Waals surface area contributed by atoms with E-state index in [4.69, 9.17) is 28.1 Å². The van der Waals surface area contributed by atoms with Gasteiger partial charge in [0, 0.05) is 35.3 Å². The standard InChI is InChI=1S/C21H13F4N7O2.C16H12FN7O2.C8H19N.C5H5F3O2.H3P/c22-12-4-2-1-3-11(12)10-32-15(13-5-8-33-31-13)9-14(30-32)16-26-18-17(29-28-16)27-19(34-18)20(6-7-20)21(23,24)25;17-10-4-2-1-3-9(10)8-24-13(11-5-6-26-23-11)7-12(22-24)15-19-16(25)14(18)20-21-15;1-6-9(7(2)3)8(4)5;6-5(7,8)4(1-2-4)3(9)10;/h1-5,8-9H,6-7,10H2;1-7H,8H2,(H2,18,20)(H,19,21,25);7-8H,6H2,1-5H3;1-2H2,(H,9,10);1H3/i;;;;1T3. The van der Waals surface area contributed by atoms with Crippen LogP contribution in [0.1, 0.15) is 77.3 Å². The van der Waals surface area contributed by atoms with Crippen LogP contribution in [0.25, 0.3) is 57.2 Å².